The Morgan fingerprint density at radius 2 is 1.85 bits per heavy atom. The maximum absolute atomic E-state index is 4.82. The standard InChI is InChI=1S/C21H27N5/c1-2-9-26(10-3-1)20-7-4-16(12-22-20)14-25-11-8-19-18(15-25)13-23-21(24-19)17-5-6-17/h4,7,12-13,17H,1-3,5-6,8-11,14-15H2. The van der Waals surface area contributed by atoms with E-state index in [2.05, 4.69) is 39.3 Å². The van der Waals surface area contributed by atoms with Crippen molar-refractivity contribution >= 4 is 5.82 Å². The van der Waals surface area contributed by atoms with E-state index in [4.69, 9.17) is 9.97 Å². The van der Waals surface area contributed by atoms with E-state index in [1.54, 1.807) is 0 Å². The molecule has 5 rings (SSSR count). The molecule has 2 fully saturated rings. The van der Waals surface area contributed by atoms with Crippen LogP contribution in [0.1, 0.15) is 60.7 Å². The van der Waals surface area contributed by atoms with Crippen molar-refractivity contribution in [3.05, 3.63) is 47.2 Å². The second-order valence-electron chi connectivity index (χ2n) is 8.01. The minimum Gasteiger partial charge on any atom is -0.357 e. The third-order valence-electron chi connectivity index (χ3n) is 5.87. The minimum atomic E-state index is 0.642. The number of fused-ring (bicyclic) bond motifs is 1. The molecule has 3 aliphatic rings. The van der Waals surface area contributed by atoms with Crippen molar-refractivity contribution in [2.45, 2.75) is 57.5 Å². The quantitative estimate of drug-likeness (QED) is 0.847. The molecule has 2 aliphatic heterocycles. The molecule has 2 aromatic heterocycles. The monoisotopic (exact) mass is 349 g/mol. The Morgan fingerprint density at radius 3 is 2.62 bits per heavy atom. The molecule has 4 heterocycles. The van der Waals surface area contributed by atoms with Crippen molar-refractivity contribution in [1.82, 2.24) is 19.9 Å². The molecule has 5 heteroatoms. The van der Waals surface area contributed by atoms with Crippen LogP contribution in [0.3, 0.4) is 0 Å². The van der Waals surface area contributed by atoms with E-state index in [-0.39, 0.29) is 0 Å². The summed E-state index contributed by atoms with van der Waals surface area (Å²) in [6.45, 7) is 5.28. The third kappa shape index (κ3) is 3.45. The van der Waals surface area contributed by atoms with Gasteiger partial charge in [0.25, 0.3) is 0 Å². The molecule has 0 radical (unpaired) electrons. The lowest BCUT2D eigenvalue weighted by Crippen LogP contribution is -2.31. The molecule has 0 atom stereocenters. The Bertz CT molecular complexity index is 762. The van der Waals surface area contributed by atoms with Crippen molar-refractivity contribution in [2.75, 3.05) is 24.5 Å². The summed E-state index contributed by atoms with van der Waals surface area (Å²) in [5.41, 5.74) is 3.87. The highest BCUT2D eigenvalue weighted by molar-refractivity contribution is 5.39. The Kier molecular flexibility index (Phi) is 4.33. The molecule has 1 aliphatic carbocycles. The Morgan fingerprint density at radius 1 is 0.962 bits per heavy atom. The smallest absolute Gasteiger partial charge is 0.131 e. The number of anilines is 1. The molecule has 0 spiro atoms. The first-order valence-electron chi connectivity index (χ1n) is 10.1. The molecule has 5 nitrogen and oxygen atoms in total. The fourth-order valence-electron chi connectivity index (χ4n) is 4.14. The molecule has 0 unspecified atom stereocenters. The number of nitrogens with zero attached hydrogens (tertiary/aromatic N) is 5. The number of hydrogen-bond donors (Lipinski definition) is 0. The summed E-state index contributed by atoms with van der Waals surface area (Å²) in [6.07, 6.45) is 11.7. The van der Waals surface area contributed by atoms with Crippen molar-refractivity contribution < 1.29 is 0 Å². The topological polar surface area (TPSA) is 45.2 Å². The zero-order chi connectivity index (χ0) is 17.3. The number of pyridine rings is 1. The molecule has 136 valence electrons. The van der Waals surface area contributed by atoms with Crippen molar-refractivity contribution in [3.8, 4) is 0 Å². The van der Waals surface area contributed by atoms with Gasteiger partial charge in [0.1, 0.15) is 11.6 Å². The van der Waals surface area contributed by atoms with E-state index in [1.165, 1.54) is 48.9 Å². The lowest BCUT2D eigenvalue weighted by molar-refractivity contribution is 0.242. The Hall–Kier alpha value is -2.01. The highest BCUT2D eigenvalue weighted by atomic mass is 15.2. The van der Waals surface area contributed by atoms with Gasteiger partial charge in [-0.25, -0.2) is 15.0 Å². The molecule has 0 bridgehead atoms. The minimum absolute atomic E-state index is 0.642. The van der Waals surface area contributed by atoms with Gasteiger partial charge in [0.15, 0.2) is 0 Å². The van der Waals surface area contributed by atoms with E-state index in [0.29, 0.717) is 5.92 Å². The van der Waals surface area contributed by atoms with Gasteiger partial charge < -0.3 is 4.90 Å². The van der Waals surface area contributed by atoms with E-state index in [1.807, 2.05) is 0 Å². The van der Waals surface area contributed by atoms with Crippen LogP contribution in [0.2, 0.25) is 0 Å². The van der Waals surface area contributed by atoms with Gasteiger partial charge in [-0.2, -0.15) is 0 Å². The van der Waals surface area contributed by atoms with Gasteiger partial charge in [0.05, 0.1) is 0 Å². The summed E-state index contributed by atoms with van der Waals surface area (Å²) >= 11 is 0. The van der Waals surface area contributed by atoms with E-state index < -0.39 is 0 Å². The molecular weight excluding hydrogens is 322 g/mol. The van der Waals surface area contributed by atoms with Crippen molar-refractivity contribution in [2.24, 2.45) is 0 Å². The summed E-state index contributed by atoms with van der Waals surface area (Å²) in [4.78, 5) is 19.1. The van der Waals surface area contributed by atoms with Crippen LogP contribution >= 0.6 is 0 Å². The van der Waals surface area contributed by atoms with Gasteiger partial charge in [0, 0.05) is 68.7 Å². The Balaban J connectivity index is 1.22. The lowest BCUT2D eigenvalue weighted by atomic mass is 10.1. The van der Waals surface area contributed by atoms with Gasteiger partial charge >= 0.3 is 0 Å². The average Bonchev–Trinajstić information content (AvgIpc) is 3.54. The zero-order valence-electron chi connectivity index (χ0n) is 15.4. The summed E-state index contributed by atoms with van der Waals surface area (Å²) in [5.74, 6) is 2.86. The van der Waals surface area contributed by atoms with E-state index in [9.17, 15) is 0 Å². The van der Waals surface area contributed by atoms with Gasteiger partial charge in [0.2, 0.25) is 0 Å². The fourth-order valence-corrected chi connectivity index (χ4v) is 4.14. The summed E-state index contributed by atoms with van der Waals surface area (Å²) in [5, 5.41) is 0. The van der Waals surface area contributed by atoms with Crippen LogP contribution in [0.5, 0.6) is 0 Å². The highest BCUT2D eigenvalue weighted by Gasteiger charge is 2.28. The number of aromatic nitrogens is 3. The maximum Gasteiger partial charge on any atom is 0.131 e. The van der Waals surface area contributed by atoms with Crippen LogP contribution < -0.4 is 4.90 Å². The fraction of sp³-hybridized carbons (Fsp3) is 0.571. The van der Waals surface area contributed by atoms with Crippen LogP contribution in [-0.4, -0.2) is 39.5 Å². The van der Waals surface area contributed by atoms with Crippen LogP contribution in [0.25, 0.3) is 0 Å². The number of rotatable bonds is 4. The second-order valence-corrected chi connectivity index (χ2v) is 8.01. The lowest BCUT2D eigenvalue weighted by Gasteiger charge is -2.29. The van der Waals surface area contributed by atoms with Crippen LogP contribution in [0, 0.1) is 0 Å². The third-order valence-corrected chi connectivity index (χ3v) is 5.87. The zero-order valence-corrected chi connectivity index (χ0v) is 15.4. The number of hydrogen-bond acceptors (Lipinski definition) is 5. The molecule has 0 amide bonds. The first-order valence-corrected chi connectivity index (χ1v) is 10.1. The largest absolute Gasteiger partial charge is 0.357 e. The van der Waals surface area contributed by atoms with Gasteiger partial charge in [-0.1, -0.05) is 6.07 Å². The normalized spacial score (nSPS) is 20.8. The van der Waals surface area contributed by atoms with Crippen LogP contribution in [-0.2, 0) is 19.5 Å². The van der Waals surface area contributed by atoms with Crippen LogP contribution in [0.4, 0.5) is 5.82 Å². The summed E-state index contributed by atoms with van der Waals surface area (Å²) in [6, 6.07) is 4.45. The molecule has 2 aromatic rings. The van der Waals surface area contributed by atoms with Crippen LogP contribution in [0.15, 0.2) is 24.5 Å². The predicted molar refractivity (Wildman–Crippen MR) is 102 cm³/mol. The molecule has 1 saturated carbocycles. The average molecular weight is 349 g/mol. The summed E-state index contributed by atoms with van der Waals surface area (Å²) < 4.78 is 0. The van der Waals surface area contributed by atoms with E-state index in [0.717, 1.165) is 50.8 Å². The van der Waals surface area contributed by atoms with Gasteiger partial charge in [-0.15, -0.1) is 0 Å². The summed E-state index contributed by atoms with van der Waals surface area (Å²) in [7, 11) is 0. The molecular formula is C21H27N5. The highest BCUT2D eigenvalue weighted by Crippen LogP contribution is 2.38. The van der Waals surface area contributed by atoms with Crippen molar-refractivity contribution in [3.63, 3.8) is 0 Å². The first kappa shape index (κ1) is 16.2. The predicted octanol–water partition coefficient (Wildman–Crippen LogP) is 3.30. The molecule has 26 heavy (non-hydrogen) atoms. The van der Waals surface area contributed by atoms with Gasteiger partial charge in [-0.3, -0.25) is 4.90 Å². The second kappa shape index (κ2) is 6.95. The SMILES string of the molecule is c1cc(N2CCCCC2)ncc1CN1CCc2nc(C3CC3)ncc2C1. The first-order chi connectivity index (χ1) is 12.8. The van der Waals surface area contributed by atoms with Crippen molar-refractivity contribution in [1.29, 1.82) is 0 Å². The molecule has 0 aromatic carbocycles. The number of piperidine rings is 1. The molecule has 0 N–H and O–H groups in total. The van der Waals surface area contributed by atoms with E-state index >= 15 is 0 Å². The van der Waals surface area contributed by atoms with Gasteiger partial charge in [-0.05, 0) is 43.7 Å². The maximum atomic E-state index is 4.82. The molecule has 1 saturated heterocycles. The Labute approximate surface area is 155 Å².